The molecule has 0 saturated carbocycles. The van der Waals surface area contributed by atoms with E-state index < -0.39 is 0 Å². The van der Waals surface area contributed by atoms with Gasteiger partial charge in [0.2, 0.25) is 5.76 Å². The summed E-state index contributed by atoms with van der Waals surface area (Å²) in [4.78, 5) is 0. The SMILES string of the molecule is N#Cc1ccc(CNc2c(Br)cc(Cl)cc2Br)o1. The molecule has 0 bridgehead atoms. The van der Waals surface area contributed by atoms with Gasteiger partial charge >= 0.3 is 0 Å². The first-order valence-electron chi connectivity index (χ1n) is 4.97. The fourth-order valence-corrected chi connectivity index (χ4v) is 3.37. The monoisotopic (exact) mass is 388 g/mol. The zero-order chi connectivity index (χ0) is 13.1. The number of hydrogen-bond acceptors (Lipinski definition) is 3. The molecule has 92 valence electrons. The first kappa shape index (κ1) is 13.5. The van der Waals surface area contributed by atoms with Crippen molar-refractivity contribution in [2.24, 2.45) is 0 Å². The van der Waals surface area contributed by atoms with Gasteiger partial charge < -0.3 is 9.73 Å². The lowest BCUT2D eigenvalue weighted by Crippen LogP contribution is -1.99. The van der Waals surface area contributed by atoms with Crippen LogP contribution in [0.4, 0.5) is 5.69 Å². The van der Waals surface area contributed by atoms with E-state index in [1.54, 1.807) is 24.3 Å². The highest BCUT2D eigenvalue weighted by Gasteiger charge is 2.08. The van der Waals surface area contributed by atoms with Crippen molar-refractivity contribution in [3.05, 3.63) is 49.8 Å². The van der Waals surface area contributed by atoms with E-state index in [2.05, 4.69) is 37.2 Å². The van der Waals surface area contributed by atoms with Crippen molar-refractivity contribution in [1.82, 2.24) is 0 Å². The number of furan rings is 1. The van der Waals surface area contributed by atoms with Crippen molar-refractivity contribution in [1.29, 1.82) is 5.26 Å². The molecule has 0 saturated heterocycles. The van der Waals surface area contributed by atoms with E-state index in [1.807, 2.05) is 6.07 Å². The molecule has 6 heteroatoms. The quantitative estimate of drug-likeness (QED) is 0.807. The standard InChI is InChI=1S/C12H7Br2ClN2O/c13-10-3-7(15)4-11(14)12(10)17-6-9-2-1-8(5-16)18-9/h1-4,17H,6H2. The van der Waals surface area contributed by atoms with Crippen molar-refractivity contribution >= 4 is 49.1 Å². The molecule has 3 nitrogen and oxygen atoms in total. The maximum Gasteiger partial charge on any atom is 0.203 e. The minimum absolute atomic E-state index is 0.307. The lowest BCUT2D eigenvalue weighted by Gasteiger charge is -2.10. The molecular weight excluding hydrogens is 383 g/mol. The molecule has 1 N–H and O–H groups in total. The molecule has 0 radical (unpaired) electrons. The smallest absolute Gasteiger partial charge is 0.203 e. The third-order valence-electron chi connectivity index (χ3n) is 2.22. The summed E-state index contributed by atoms with van der Waals surface area (Å²) >= 11 is 12.8. The van der Waals surface area contributed by atoms with Crippen LogP contribution >= 0.6 is 43.5 Å². The number of anilines is 1. The first-order valence-corrected chi connectivity index (χ1v) is 6.94. The van der Waals surface area contributed by atoms with Gasteiger partial charge in [-0.15, -0.1) is 0 Å². The van der Waals surface area contributed by atoms with Gasteiger partial charge in [-0.25, -0.2) is 0 Å². The van der Waals surface area contributed by atoms with Crippen LogP contribution in [0.1, 0.15) is 11.5 Å². The molecule has 0 atom stereocenters. The van der Waals surface area contributed by atoms with Crippen molar-refractivity contribution in [3.63, 3.8) is 0 Å². The molecule has 2 rings (SSSR count). The lowest BCUT2D eigenvalue weighted by molar-refractivity contribution is 0.506. The second-order valence-corrected chi connectivity index (χ2v) is 5.62. The topological polar surface area (TPSA) is 49.0 Å². The number of benzene rings is 1. The number of hydrogen-bond donors (Lipinski definition) is 1. The summed E-state index contributed by atoms with van der Waals surface area (Å²) in [7, 11) is 0. The number of halogens is 3. The molecule has 0 unspecified atom stereocenters. The maximum atomic E-state index is 8.66. The Morgan fingerprint density at radius 3 is 2.50 bits per heavy atom. The number of nitrogens with one attached hydrogen (secondary N) is 1. The predicted molar refractivity (Wildman–Crippen MR) is 77.6 cm³/mol. The van der Waals surface area contributed by atoms with Crippen molar-refractivity contribution in [2.45, 2.75) is 6.54 Å². The largest absolute Gasteiger partial charge is 0.449 e. The van der Waals surface area contributed by atoms with E-state index in [0.29, 0.717) is 23.1 Å². The van der Waals surface area contributed by atoms with Crippen LogP contribution in [0.2, 0.25) is 5.02 Å². The number of nitrogens with zero attached hydrogens (tertiary/aromatic N) is 1. The number of rotatable bonds is 3. The predicted octanol–water partition coefficient (Wildman–Crippen LogP) is 4.94. The summed E-state index contributed by atoms with van der Waals surface area (Å²) in [6.07, 6.45) is 0. The zero-order valence-electron chi connectivity index (χ0n) is 9.01. The van der Waals surface area contributed by atoms with Gasteiger partial charge in [0.15, 0.2) is 0 Å². The highest BCUT2D eigenvalue weighted by Crippen LogP contribution is 2.34. The molecule has 0 amide bonds. The highest BCUT2D eigenvalue weighted by molar-refractivity contribution is 9.11. The Labute approximate surface area is 126 Å². The molecule has 0 aliphatic carbocycles. The third-order valence-corrected chi connectivity index (χ3v) is 3.69. The minimum atomic E-state index is 0.307. The molecule has 1 heterocycles. The van der Waals surface area contributed by atoms with E-state index in [4.69, 9.17) is 21.3 Å². The van der Waals surface area contributed by atoms with Gasteiger partial charge in [0.1, 0.15) is 11.8 Å². The van der Waals surface area contributed by atoms with E-state index in [1.165, 1.54) is 0 Å². The maximum absolute atomic E-state index is 8.66. The molecule has 1 aromatic heterocycles. The van der Waals surface area contributed by atoms with E-state index >= 15 is 0 Å². The Morgan fingerprint density at radius 2 is 1.94 bits per heavy atom. The Bertz CT molecular complexity index is 596. The Morgan fingerprint density at radius 1 is 1.28 bits per heavy atom. The van der Waals surface area contributed by atoms with Crippen LogP contribution in [0.5, 0.6) is 0 Å². The first-order chi connectivity index (χ1) is 8.60. The molecule has 2 aromatic rings. The van der Waals surface area contributed by atoms with Crippen molar-refractivity contribution < 1.29 is 4.42 Å². The molecular formula is C12H7Br2ClN2O. The van der Waals surface area contributed by atoms with E-state index in [-0.39, 0.29) is 0 Å². The van der Waals surface area contributed by atoms with E-state index in [9.17, 15) is 0 Å². The van der Waals surface area contributed by atoms with Crippen LogP contribution in [0.25, 0.3) is 0 Å². The summed E-state index contributed by atoms with van der Waals surface area (Å²) in [5, 5.41) is 12.5. The average Bonchev–Trinajstić information content (AvgIpc) is 2.75. The van der Waals surface area contributed by atoms with Gasteiger partial charge in [0, 0.05) is 14.0 Å². The van der Waals surface area contributed by atoms with Gasteiger partial charge in [-0.2, -0.15) is 5.26 Å². The molecule has 1 aromatic carbocycles. The highest BCUT2D eigenvalue weighted by atomic mass is 79.9. The van der Waals surface area contributed by atoms with Gasteiger partial charge in [-0.05, 0) is 56.1 Å². The summed E-state index contributed by atoms with van der Waals surface area (Å²) < 4.78 is 6.99. The van der Waals surface area contributed by atoms with Gasteiger partial charge in [-0.1, -0.05) is 11.6 Å². The molecule has 18 heavy (non-hydrogen) atoms. The molecule has 0 aliphatic rings. The van der Waals surface area contributed by atoms with Crippen LogP contribution in [-0.4, -0.2) is 0 Å². The van der Waals surface area contributed by atoms with Crippen LogP contribution < -0.4 is 5.32 Å². The van der Waals surface area contributed by atoms with Gasteiger partial charge in [0.05, 0.1) is 12.2 Å². The zero-order valence-corrected chi connectivity index (χ0v) is 12.9. The van der Waals surface area contributed by atoms with Crippen molar-refractivity contribution in [3.8, 4) is 6.07 Å². The lowest BCUT2D eigenvalue weighted by atomic mass is 10.3. The van der Waals surface area contributed by atoms with Gasteiger partial charge in [0.25, 0.3) is 0 Å². The fourth-order valence-electron chi connectivity index (χ4n) is 1.42. The average molecular weight is 390 g/mol. The van der Waals surface area contributed by atoms with Crippen LogP contribution in [0.15, 0.2) is 37.6 Å². The summed E-state index contributed by atoms with van der Waals surface area (Å²) in [6, 6.07) is 8.96. The number of nitriles is 1. The van der Waals surface area contributed by atoms with Crippen LogP contribution in [-0.2, 0) is 6.54 Å². The normalized spacial score (nSPS) is 10.1. The summed E-state index contributed by atoms with van der Waals surface area (Å²) in [6.45, 7) is 0.487. The van der Waals surface area contributed by atoms with Crippen molar-refractivity contribution in [2.75, 3.05) is 5.32 Å². The summed E-state index contributed by atoms with van der Waals surface area (Å²) in [5.74, 6) is 1.00. The molecule has 0 aliphatic heterocycles. The molecule has 0 spiro atoms. The van der Waals surface area contributed by atoms with Crippen LogP contribution in [0.3, 0.4) is 0 Å². The Balaban J connectivity index is 2.13. The Hall–Kier alpha value is -0.960. The second-order valence-electron chi connectivity index (χ2n) is 3.48. The van der Waals surface area contributed by atoms with Gasteiger partial charge in [-0.3, -0.25) is 0 Å². The van der Waals surface area contributed by atoms with Crippen LogP contribution in [0, 0.1) is 11.3 Å². The second kappa shape index (κ2) is 5.79. The summed E-state index contributed by atoms with van der Waals surface area (Å²) in [5.41, 5.74) is 0.884. The third kappa shape index (κ3) is 3.08. The Kier molecular flexibility index (Phi) is 4.33. The minimum Gasteiger partial charge on any atom is -0.449 e. The fraction of sp³-hybridized carbons (Fsp3) is 0.0833. The molecule has 0 fully saturated rings. The van der Waals surface area contributed by atoms with E-state index in [0.717, 1.165) is 14.6 Å².